The molecule has 0 aliphatic carbocycles. The Balaban J connectivity index is 1.47. The van der Waals surface area contributed by atoms with E-state index in [1.165, 1.54) is 26.7 Å². The summed E-state index contributed by atoms with van der Waals surface area (Å²) in [5.41, 5.74) is 4.50. The van der Waals surface area contributed by atoms with Crippen molar-refractivity contribution in [3.63, 3.8) is 0 Å². The van der Waals surface area contributed by atoms with Crippen LogP contribution in [0.15, 0.2) is 77.1 Å². The van der Waals surface area contributed by atoms with Crippen molar-refractivity contribution in [2.45, 2.75) is 27.3 Å². The molecular weight excluding hydrogens is 461 g/mol. The molecule has 5 nitrogen and oxygen atoms in total. The van der Waals surface area contributed by atoms with E-state index in [0.717, 1.165) is 30.0 Å². The van der Waals surface area contributed by atoms with Crippen molar-refractivity contribution >= 4 is 53.6 Å². The molecule has 32 heavy (non-hydrogen) atoms. The number of fused-ring (bicyclic) bond motifs is 1. The van der Waals surface area contributed by atoms with Crippen LogP contribution in [0.3, 0.4) is 0 Å². The Labute approximate surface area is 195 Å². The number of rotatable bonds is 8. The molecule has 0 fully saturated rings. The first-order valence-corrected chi connectivity index (χ1v) is 12.7. The first-order chi connectivity index (χ1) is 15.7. The number of azo groups is 1. The molecule has 0 saturated carbocycles. The van der Waals surface area contributed by atoms with Crippen LogP contribution in [-0.4, -0.2) is 32.6 Å². The van der Waals surface area contributed by atoms with Crippen LogP contribution in [0.1, 0.15) is 30.9 Å². The maximum absolute atomic E-state index is 4.47. The van der Waals surface area contributed by atoms with Gasteiger partial charge < -0.3 is 0 Å². The Kier molecular flexibility index (Phi) is 7.25. The van der Waals surface area contributed by atoms with Gasteiger partial charge in [0.05, 0.1) is 0 Å². The van der Waals surface area contributed by atoms with Crippen molar-refractivity contribution in [1.82, 2.24) is 4.98 Å². The SMILES string of the molecule is CCN(CC)c1ccc(N=Nc2ncc(/C=C/c3ccc4ccccc4[n+]3CC)[se]2)cc1. The third kappa shape index (κ3) is 5.04. The normalized spacial score (nSPS) is 11.7. The quantitative estimate of drug-likeness (QED) is 0.172. The minimum atomic E-state index is 0.0645. The Morgan fingerprint density at radius 2 is 1.69 bits per heavy atom. The van der Waals surface area contributed by atoms with E-state index in [9.17, 15) is 0 Å². The van der Waals surface area contributed by atoms with E-state index in [1.807, 2.05) is 18.3 Å². The topological polar surface area (TPSA) is 44.7 Å². The Morgan fingerprint density at radius 1 is 0.906 bits per heavy atom. The second kappa shape index (κ2) is 10.5. The second-order valence-electron chi connectivity index (χ2n) is 7.33. The van der Waals surface area contributed by atoms with Gasteiger partial charge in [0.15, 0.2) is 0 Å². The molecule has 0 aliphatic rings. The summed E-state index contributed by atoms with van der Waals surface area (Å²) in [6.45, 7) is 9.43. The van der Waals surface area contributed by atoms with E-state index >= 15 is 0 Å². The van der Waals surface area contributed by atoms with Crippen LogP contribution in [0.25, 0.3) is 23.1 Å². The molecule has 0 bridgehead atoms. The van der Waals surface area contributed by atoms with Gasteiger partial charge in [-0.1, -0.05) is 0 Å². The molecule has 162 valence electrons. The predicted molar refractivity (Wildman–Crippen MR) is 134 cm³/mol. The Hall–Kier alpha value is -3.08. The molecule has 2 aromatic carbocycles. The number of para-hydroxylation sites is 1. The van der Waals surface area contributed by atoms with E-state index in [0.29, 0.717) is 0 Å². The minimum absolute atomic E-state index is 0.0645. The van der Waals surface area contributed by atoms with Crippen LogP contribution < -0.4 is 9.47 Å². The van der Waals surface area contributed by atoms with Gasteiger partial charge in [0.1, 0.15) is 0 Å². The van der Waals surface area contributed by atoms with Crippen molar-refractivity contribution in [3.05, 3.63) is 77.0 Å². The van der Waals surface area contributed by atoms with E-state index in [-0.39, 0.29) is 14.5 Å². The third-order valence-corrected chi connectivity index (χ3v) is 7.22. The molecule has 0 spiro atoms. The predicted octanol–water partition coefficient (Wildman–Crippen LogP) is 6.03. The summed E-state index contributed by atoms with van der Waals surface area (Å²) < 4.78 is 4.32. The molecule has 0 aliphatic heterocycles. The number of hydrogen-bond acceptors (Lipinski definition) is 4. The number of benzene rings is 2. The number of hydrogen-bond donors (Lipinski definition) is 0. The van der Waals surface area contributed by atoms with Gasteiger partial charge in [-0.05, 0) is 0 Å². The van der Waals surface area contributed by atoms with Gasteiger partial charge in [-0.3, -0.25) is 0 Å². The molecule has 0 N–H and O–H groups in total. The number of anilines is 1. The first kappa shape index (κ1) is 22.1. The van der Waals surface area contributed by atoms with Gasteiger partial charge in [-0.15, -0.1) is 0 Å². The molecular formula is C26H28N5Se+. The Bertz CT molecular complexity index is 1240. The van der Waals surface area contributed by atoms with Gasteiger partial charge in [0.25, 0.3) is 0 Å². The molecule has 2 aromatic heterocycles. The second-order valence-corrected chi connectivity index (χ2v) is 9.51. The number of aryl methyl sites for hydroxylation is 1. The van der Waals surface area contributed by atoms with E-state index < -0.39 is 0 Å². The molecule has 0 amide bonds. The zero-order valence-corrected chi connectivity index (χ0v) is 20.5. The van der Waals surface area contributed by atoms with E-state index in [4.69, 9.17) is 0 Å². The zero-order valence-electron chi connectivity index (χ0n) is 18.8. The van der Waals surface area contributed by atoms with Gasteiger partial charge >= 0.3 is 196 Å². The summed E-state index contributed by atoms with van der Waals surface area (Å²) in [4.78, 5) is 6.78. The van der Waals surface area contributed by atoms with Crippen LogP contribution in [0, 0.1) is 0 Å². The van der Waals surface area contributed by atoms with Crippen LogP contribution in [0.4, 0.5) is 16.1 Å². The average Bonchev–Trinajstić information content (AvgIpc) is 3.30. The maximum atomic E-state index is 4.47. The molecule has 0 saturated heterocycles. The molecule has 0 radical (unpaired) electrons. The molecule has 6 heteroatoms. The standard InChI is InChI=1S/C26H28N5Se/c1-4-30(5-2)22-15-12-21(13-16-22)28-29-26-27-19-24(32-26)18-17-23-14-11-20-9-7-8-10-25(20)31(23)6-3/h7-19H,4-6H2,1-3H3/q+1. The molecule has 2 heterocycles. The first-order valence-electron chi connectivity index (χ1n) is 11.0. The summed E-state index contributed by atoms with van der Waals surface area (Å²) >= 11 is 0.0645. The molecule has 4 rings (SSSR count). The fourth-order valence-electron chi connectivity index (χ4n) is 3.76. The number of aromatic nitrogens is 2. The number of nitrogens with zero attached hydrogens (tertiary/aromatic N) is 5. The Morgan fingerprint density at radius 3 is 2.44 bits per heavy atom. The summed E-state index contributed by atoms with van der Waals surface area (Å²) in [6.07, 6.45) is 6.23. The van der Waals surface area contributed by atoms with E-state index in [2.05, 4.69) is 106 Å². The van der Waals surface area contributed by atoms with Gasteiger partial charge in [-0.25, -0.2) is 0 Å². The van der Waals surface area contributed by atoms with Gasteiger partial charge in [0.2, 0.25) is 0 Å². The average molecular weight is 490 g/mol. The fraction of sp³-hybridized carbons (Fsp3) is 0.231. The molecule has 0 unspecified atom stereocenters. The van der Waals surface area contributed by atoms with Crippen molar-refractivity contribution < 1.29 is 4.57 Å². The third-order valence-electron chi connectivity index (χ3n) is 5.45. The van der Waals surface area contributed by atoms with Gasteiger partial charge in [0, 0.05) is 0 Å². The summed E-state index contributed by atoms with van der Waals surface area (Å²) in [5.74, 6) is 0. The van der Waals surface area contributed by atoms with Gasteiger partial charge in [-0.2, -0.15) is 0 Å². The van der Waals surface area contributed by atoms with Crippen LogP contribution in [0.2, 0.25) is 0 Å². The van der Waals surface area contributed by atoms with E-state index in [1.54, 1.807) is 0 Å². The number of pyridine rings is 1. The summed E-state index contributed by atoms with van der Waals surface area (Å²) in [5, 5.41) is 10.0. The van der Waals surface area contributed by atoms with Crippen molar-refractivity contribution in [1.29, 1.82) is 0 Å². The van der Waals surface area contributed by atoms with Crippen molar-refractivity contribution in [2.24, 2.45) is 10.2 Å². The monoisotopic (exact) mass is 490 g/mol. The van der Waals surface area contributed by atoms with Crippen molar-refractivity contribution in [3.8, 4) is 0 Å². The van der Waals surface area contributed by atoms with Crippen LogP contribution >= 0.6 is 0 Å². The zero-order chi connectivity index (χ0) is 22.3. The molecule has 4 aromatic rings. The summed E-state index contributed by atoms with van der Waals surface area (Å²) in [6, 6.07) is 21.1. The summed E-state index contributed by atoms with van der Waals surface area (Å²) in [7, 11) is 0. The molecule has 0 atom stereocenters. The van der Waals surface area contributed by atoms with Crippen LogP contribution in [-0.2, 0) is 6.54 Å². The fourth-order valence-corrected chi connectivity index (χ4v) is 5.11. The van der Waals surface area contributed by atoms with Crippen LogP contribution in [0.5, 0.6) is 0 Å². The van der Waals surface area contributed by atoms with Crippen molar-refractivity contribution in [2.75, 3.05) is 18.0 Å².